The van der Waals surface area contributed by atoms with E-state index >= 15 is 0 Å². The Balaban J connectivity index is 1.44. The normalized spacial score (nSPS) is 20.2. The molecular weight excluding hydrogens is 446 g/mol. The predicted octanol–water partition coefficient (Wildman–Crippen LogP) is 3.17. The summed E-state index contributed by atoms with van der Waals surface area (Å²) >= 11 is 0. The molecule has 1 heterocycles. The highest BCUT2D eigenvalue weighted by Crippen LogP contribution is 2.44. The van der Waals surface area contributed by atoms with E-state index in [2.05, 4.69) is 29.6 Å². The monoisotopic (exact) mass is 479 g/mol. The maximum Gasteiger partial charge on any atom is 0.407 e. The fraction of sp³-hybridized carbons (Fsp3) is 0.444. The Morgan fingerprint density at radius 1 is 1.09 bits per heavy atom. The summed E-state index contributed by atoms with van der Waals surface area (Å²) in [7, 11) is 3.64. The van der Waals surface area contributed by atoms with Gasteiger partial charge in [-0.25, -0.2) is 4.79 Å². The van der Waals surface area contributed by atoms with Crippen LogP contribution in [0.4, 0.5) is 4.79 Å². The molecule has 2 aliphatic rings. The smallest absolute Gasteiger partial charge is 0.407 e. The highest BCUT2D eigenvalue weighted by atomic mass is 16.5. The van der Waals surface area contributed by atoms with E-state index in [0.717, 1.165) is 22.3 Å². The first-order valence-electron chi connectivity index (χ1n) is 12.1. The molecule has 1 fully saturated rings. The first-order chi connectivity index (χ1) is 16.8. The third-order valence-electron chi connectivity index (χ3n) is 7.07. The number of rotatable bonds is 7. The van der Waals surface area contributed by atoms with Gasteiger partial charge in [0, 0.05) is 25.0 Å². The number of ether oxygens (including phenoxy) is 1. The zero-order valence-corrected chi connectivity index (χ0v) is 20.4. The molecule has 0 bridgehead atoms. The van der Waals surface area contributed by atoms with Gasteiger partial charge in [0.15, 0.2) is 0 Å². The van der Waals surface area contributed by atoms with Crippen LogP contribution in [0.25, 0.3) is 11.1 Å². The molecule has 1 saturated heterocycles. The second-order valence-electron chi connectivity index (χ2n) is 9.64. The maximum absolute atomic E-state index is 13.4. The molecule has 0 saturated carbocycles. The number of fused-ring (bicyclic) bond motifs is 3. The van der Waals surface area contributed by atoms with E-state index in [1.54, 1.807) is 11.8 Å². The third-order valence-corrected chi connectivity index (χ3v) is 7.07. The van der Waals surface area contributed by atoms with Crippen LogP contribution in [0.15, 0.2) is 48.5 Å². The minimum atomic E-state index is -0.899. The number of benzene rings is 2. The SMILES string of the molecule is C[C@@H]1[C@H](C(=O)O)CCCN1C(=O)C(CN(C)C)NC(=O)OCC1c2ccccc2-c2ccccc21. The second kappa shape index (κ2) is 10.5. The Labute approximate surface area is 205 Å². The molecule has 8 heteroatoms. The Bertz CT molecular complexity index is 1060. The van der Waals surface area contributed by atoms with Crippen LogP contribution in [0, 0.1) is 5.92 Å². The molecule has 2 amide bonds. The van der Waals surface area contributed by atoms with E-state index in [1.807, 2.05) is 43.3 Å². The van der Waals surface area contributed by atoms with Crippen LogP contribution in [0.2, 0.25) is 0 Å². The molecule has 0 aromatic heterocycles. The Morgan fingerprint density at radius 3 is 2.26 bits per heavy atom. The van der Waals surface area contributed by atoms with Gasteiger partial charge in [0.1, 0.15) is 12.6 Å². The maximum atomic E-state index is 13.4. The molecule has 0 radical (unpaired) electrons. The van der Waals surface area contributed by atoms with Crippen molar-refractivity contribution >= 4 is 18.0 Å². The number of carbonyl (C=O) groups is 3. The Morgan fingerprint density at radius 2 is 1.69 bits per heavy atom. The van der Waals surface area contributed by atoms with Gasteiger partial charge in [-0.1, -0.05) is 48.5 Å². The number of nitrogens with zero attached hydrogens (tertiary/aromatic N) is 2. The number of hydrogen-bond acceptors (Lipinski definition) is 5. The standard InChI is InChI=1S/C27H33N3O5/c1-17-18(26(32)33)13-8-14-30(17)25(31)24(15-29(2)3)28-27(34)35-16-23-21-11-6-4-9-19(21)20-10-5-7-12-22(20)23/h4-7,9-12,17-18,23-24H,8,13-16H2,1-3H3,(H,28,34)(H,32,33)/t17-,18-,24?/m1/s1. The number of hydrogen-bond donors (Lipinski definition) is 2. The van der Waals surface area contributed by atoms with Gasteiger partial charge in [0.2, 0.25) is 5.91 Å². The summed E-state index contributed by atoms with van der Waals surface area (Å²) in [5, 5.41) is 12.3. The fourth-order valence-electron chi connectivity index (χ4n) is 5.32. The molecular formula is C27H33N3O5. The van der Waals surface area contributed by atoms with Crippen molar-refractivity contribution in [3.8, 4) is 11.1 Å². The summed E-state index contributed by atoms with van der Waals surface area (Å²) in [6.45, 7) is 2.67. The first-order valence-corrected chi connectivity index (χ1v) is 12.1. The molecule has 2 N–H and O–H groups in total. The number of alkyl carbamates (subject to hydrolysis) is 1. The molecule has 1 unspecified atom stereocenters. The highest BCUT2D eigenvalue weighted by Gasteiger charge is 2.38. The number of carboxylic acid groups (broad SMARTS) is 1. The average molecular weight is 480 g/mol. The van der Waals surface area contributed by atoms with Gasteiger partial charge >= 0.3 is 12.1 Å². The summed E-state index contributed by atoms with van der Waals surface area (Å²) in [5.74, 6) is -1.87. The molecule has 0 spiro atoms. The topological polar surface area (TPSA) is 99.2 Å². The van der Waals surface area contributed by atoms with E-state index < -0.39 is 30.1 Å². The van der Waals surface area contributed by atoms with Gasteiger partial charge in [-0.2, -0.15) is 0 Å². The van der Waals surface area contributed by atoms with Gasteiger partial charge in [-0.3, -0.25) is 9.59 Å². The van der Waals surface area contributed by atoms with Crippen LogP contribution < -0.4 is 5.32 Å². The molecule has 1 aliphatic carbocycles. The lowest BCUT2D eigenvalue weighted by Gasteiger charge is -2.39. The van der Waals surface area contributed by atoms with Crippen molar-refractivity contribution in [3.63, 3.8) is 0 Å². The summed E-state index contributed by atoms with van der Waals surface area (Å²) in [4.78, 5) is 41.2. The molecule has 8 nitrogen and oxygen atoms in total. The van der Waals surface area contributed by atoms with Crippen LogP contribution in [-0.2, 0) is 14.3 Å². The molecule has 2 aromatic rings. The van der Waals surface area contributed by atoms with Crippen molar-refractivity contribution in [1.82, 2.24) is 15.1 Å². The number of likely N-dealkylation sites (tertiary alicyclic amines) is 1. The number of nitrogens with one attached hydrogen (secondary N) is 1. The van der Waals surface area contributed by atoms with Crippen molar-refractivity contribution < 1.29 is 24.2 Å². The molecule has 1 aliphatic heterocycles. The number of piperidine rings is 1. The van der Waals surface area contributed by atoms with Gasteiger partial charge < -0.3 is 25.0 Å². The van der Waals surface area contributed by atoms with Crippen LogP contribution in [0.3, 0.4) is 0 Å². The van der Waals surface area contributed by atoms with Crippen molar-refractivity contribution in [2.24, 2.45) is 5.92 Å². The molecule has 4 rings (SSSR count). The zero-order valence-electron chi connectivity index (χ0n) is 20.4. The number of carboxylic acids is 1. The summed E-state index contributed by atoms with van der Waals surface area (Å²) in [6, 6.07) is 14.9. The zero-order chi connectivity index (χ0) is 25.1. The number of aliphatic carboxylic acids is 1. The molecule has 2 aromatic carbocycles. The summed E-state index contributed by atoms with van der Waals surface area (Å²) < 4.78 is 5.64. The van der Waals surface area contributed by atoms with Crippen LogP contribution in [0.1, 0.15) is 36.8 Å². The van der Waals surface area contributed by atoms with Gasteiger partial charge in [0.05, 0.1) is 5.92 Å². The summed E-state index contributed by atoms with van der Waals surface area (Å²) in [5.41, 5.74) is 4.52. The van der Waals surface area contributed by atoms with Crippen LogP contribution in [-0.4, -0.2) is 78.8 Å². The van der Waals surface area contributed by atoms with E-state index in [-0.39, 0.29) is 25.0 Å². The van der Waals surface area contributed by atoms with Crippen molar-refractivity contribution in [2.45, 2.75) is 37.8 Å². The quantitative estimate of drug-likeness (QED) is 0.633. The lowest BCUT2D eigenvalue weighted by atomic mass is 9.90. The van der Waals surface area contributed by atoms with E-state index in [4.69, 9.17) is 4.74 Å². The number of amides is 2. The van der Waals surface area contributed by atoms with Crippen LogP contribution in [0.5, 0.6) is 0 Å². The minimum absolute atomic E-state index is 0.0745. The third kappa shape index (κ3) is 5.17. The van der Waals surface area contributed by atoms with Crippen molar-refractivity contribution in [1.29, 1.82) is 0 Å². The minimum Gasteiger partial charge on any atom is -0.481 e. The van der Waals surface area contributed by atoms with Crippen molar-refractivity contribution in [3.05, 3.63) is 59.7 Å². The van der Waals surface area contributed by atoms with E-state index in [9.17, 15) is 19.5 Å². The molecule has 186 valence electrons. The predicted molar refractivity (Wildman–Crippen MR) is 132 cm³/mol. The van der Waals surface area contributed by atoms with Gasteiger partial charge in [-0.05, 0) is 56.1 Å². The average Bonchev–Trinajstić information content (AvgIpc) is 3.15. The Kier molecular flexibility index (Phi) is 7.40. The van der Waals surface area contributed by atoms with Gasteiger partial charge in [-0.15, -0.1) is 0 Å². The van der Waals surface area contributed by atoms with Crippen LogP contribution >= 0.6 is 0 Å². The van der Waals surface area contributed by atoms with E-state index in [0.29, 0.717) is 19.4 Å². The van der Waals surface area contributed by atoms with Crippen molar-refractivity contribution in [2.75, 3.05) is 33.8 Å². The van der Waals surface area contributed by atoms with E-state index in [1.165, 1.54) is 0 Å². The highest BCUT2D eigenvalue weighted by molar-refractivity contribution is 5.87. The molecule has 3 atom stereocenters. The summed E-state index contributed by atoms with van der Waals surface area (Å²) in [6.07, 6.45) is 0.497. The lowest BCUT2D eigenvalue weighted by Crippen LogP contribution is -2.58. The van der Waals surface area contributed by atoms with Gasteiger partial charge in [0.25, 0.3) is 0 Å². The Hall–Kier alpha value is -3.39. The second-order valence-corrected chi connectivity index (χ2v) is 9.64. The lowest BCUT2D eigenvalue weighted by molar-refractivity contribution is -0.149. The number of likely N-dealkylation sites (N-methyl/N-ethyl adjacent to an activating group) is 1. The fourth-order valence-corrected chi connectivity index (χ4v) is 5.32. The number of carbonyl (C=O) groups excluding carboxylic acids is 2. The first kappa shape index (κ1) is 24.7. The molecule has 35 heavy (non-hydrogen) atoms. The largest absolute Gasteiger partial charge is 0.481 e.